The maximum Gasteiger partial charge on any atom is 0.310 e. The fourth-order valence-electron chi connectivity index (χ4n) is 3.26. The van der Waals surface area contributed by atoms with Crippen LogP contribution in [0.4, 0.5) is 0 Å². The lowest BCUT2D eigenvalue weighted by Gasteiger charge is -2.26. The Kier molecular flexibility index (Phi) is 6.63. The third-order valence-electron chi connectivity index (χ3n) is 4.60. The zero-order valence-electron chi connectivity index (χ0n) is 14.2. The molecule has 0 bridgehead atoms. The third kappa shape index (κ3) is 5.38. The Labute approximate surface area is 138 Å². The third-order valence-corrected chi connectivity index (χ3v) is 4.60. The van der Waals surface area contributed by atoms with Gasteiger partial charge in [-0.25, -0.2) is 0 Å². The van der Waals surface area contributed by atoms with E-state index in [1.165, 1.54) is 20.0 Å². The Balaban J connectivity index is 2.03. The molecule has 1 fully saturated rings. The van der Waals surface area contributed by atoms with Crippen molar-refractivity contribution >= 4 is 11.9 Å². The summed E-state index contributed by atoms with van der Waals surface area (Å²) < 4.78 is 4.80. The molecule has 0 radical (unpaired) electrons. The number of carbonyl (C=O) groups excluding carboxylic acids is 2. The van der Waals surface area contributed by atoms with Gasteiger partial charge in [-0.3, -0.25) is 9.59 Å². The van der Waals surface area contributed by atoms with E-state index in [4.69, 9.17) is 4.74 Å². The fourth-order valence-corrected chi connectivity index (χ4v) is 3.26. The van der Waals surface area contributed by atoms with E-state index in [2.05, 4.69) is 0 Å². The van der Waals surface area contributed by atoms with Crippen LogP contribution >= 0.6 is 0 Å². The van der Waals surface area contributed by atoms with Gasteiger partial charge in [0, 0.05) is 19.5 Å². The van der Waals surface area contributed by atoms with Gasteiger partial charge in [-0.15, -0.1) is 0 Å². The van der Waals surface area contributed by atoms with Crippen molar-refractivity contribution < 1.29 is 14.3 Å². The normalized spacial score (nSPS) is 16.1. The van der Waals surface area contributed by atoms with Crippen molar-refractivity contribution in [1.82, 2.24) is 4.90 Å². The average Bonchev–Trinajstić information content (AvgIpc) is 3.07. The highest BCUT2D eigenvalue weighted by Gasteiger charge is 2.25. The van der Waals surface area contributed by atoms with E-state index in [9.17, 15) is 9.59 Å². The molecule has 1 saturated carbocycles. The smallest absolute Gasteiger partial charge is 0.310 e. The lowest BCUT2D eigenvalue weighted by Crippen LogP contribution is -2.37. The molecule has 0 saturated heterocycles. The molecule has 1 aromatic rings. The molecule has 1 unspecified atom stereocenters. The van der Waals surface area contributed by atoms with Crippen molar-refractivity contribution in [3.8, 4) is 0 Å². The predicted molar refractivity (Wildman–Crippen MR) is 89.6 cm³/mol. The largest absolute Gasteiger partial charge is 0.469 e. The fraction of sp³-hybridized carbons (Fsp3) is 0.579. The highest BCUT2D eigenvalue weighted by atomic mass is 16.5. The Bertz CT molecular complexity index is 509. The van der Waals surface area contributed by atoms with E-state index >= 15 is 0 Å². The van der Waals surface area contributed by atoms with Crippen molar-refractivity contribution in [3.05, 3.63) is 35.9 Å². The number of esters is 1. The number of nitrogens with zero attached hydrogens (tertiary/aromatic N) is 1. The van der Waals surface area contributed by atoms with E-state index in [1.807, 2.05) is 42.2 Å². The first-order valence-electron chi connectivity index (χ1n) is 8.49. The van der Waals surface area contributed by atoms with Crippen molar-refractivity contribution in [2.45, 2.75) is 45.6 Å². The molecule has 126 valence electrons. The Morgan fingerprint density at radius 1 is 1.22 bits per heavy atom. The molecular weight excluding hydrogens is 290 g/mol. The summed E-state index contributed by atoms with van der Waals surface area (Å²) in [7, 11) is 1.39. The minimum Gasteiger partial charge on any atom is -0.469 e. The molecule has 1 aromatic carbocycles. The number of rotatable bonds is 7. The Hall–Kier alpha value is -1.84. The molecule has 1 amide bonds. The van der Waals surface area contributed by atoms with Crippen LogP contribution in [0.2, 0.25) is 0 Å². The summed E-state index contributed by atoms with van der Waals surface area (Å²) in [4.78, 5) is 26.2. The van der Waals surface area contributed by atoms with Crippen LogP contribution in [-0.4, -0.2) is 30.4 Å². The van der Waals surface area contributed by atoms with Crippen molar-refractivity contribution in [3.63, 3.8) is 0 Å². The van der Waals surface area contributed by atoms with E-state index in [0.29, 0.717) is 25.4 Å². The first kappa shape index (κ1) is 17.5. The summed E-state index contributed by atoms with van der Waals surface area (Å²) >= 11 is 0. The van der Waals surface area contributed by atoms with Crippen LogP contribution in [0.3, 0.4) is 0 Å². The van der Waals surface area contributed by atoms with Crippen molar-refractivity contribution in [1.29, 1.82) is 0 Å². The van der Waals surface area contributed by atoms with Gasteiger partial charge < -0.3 is 9.64 Å². The first-order valence-corrected chi connectivity index (χ1v) is 8.49. The quantitative estimate of drug-likeness (QED) is 0.724. The Morgan fingerprint density at radius 3 is 2.48 bits per heavy atom. The van der Waals surface area contributed by atoms with Crippen LogP contribution in [0.15, 0.2) is 30.3 Å². The van der Waals surface area contributed by atoms with Gasteiger partial charge in [-0.1, -0.05) is 50.1 Å². The second kappa shape index (κ2) is 8.70. The standard InChI is InChI=1S/C19H27NO3/c1-15(19(22)23-2)13-20(14-17-10-4-3-5-11-17)18(21)12-16-8-6-7-9-16/h3-5,10-11,15-16H,6-9,12-14H2,1-2H3. The van der Waals surface area contributed by atoms with Gasteiger partial charge in [-0.2, -0.15) is 0 Å². The van der Waals surface area contributed by atoms with Crippen LogP contribution in [-0.2, 0) is 20.9 Å². The van der Waals surface area contributed by atoms with Crippen LogP contribution in [0, 0.1) is 11.8 Å². The molecule has 0 spiro atoms. The molecule has 1 aliphatic rings. The van der Waals surface area contributed by atoms with Gasteiger partial charge in [0.25, 0.3) is 0 Å². The summed E-state index contributed by atoms with van der Waals surface area (Å²) in [5.74, 6) is 0.0821. The number of ether oxygens (including phenoxy) is 1. The van der Waals surface area contributed by atoms with E-state index < -0.39 is 0 Å². The number of carbonyl (C=O) groups is 2. The van der Waals surface area contributed by atoms with Gasteiger partial charge in [0.2, 0.25) is 5.91 Å². The predicted octanol–water partition coefficient (Wildman–Crippen LogP) is 3.40. The second-order valence-corrected chi connectivity index (χ2v) is 6.54. The lowest BCUT2D eigenvalue weighted by atomic mass is 10.0. The average molecular weight is 317 g/mol. The zero-order chi connectivity index (χ0) is 16.7. The number of amides is 1. The molecule has 0 aliphatic heterocycles. The minimum atomic E-state index is -0.309. The highest BCUT2D eigenvalue weighted by molar-refractivity contribution is 5.78. The molecule has 0 heterocycles. The SMILES string of the molecule is COC(=O)C(C)CN(Cc1ccccc1)C(=O)CC1CCCC1. The molecule has 0 N–H and O–H groups in total. The second-order valence-electron chi connectivity index (χ2n) is 6.54. The van der Waals surface area contributed by atoms with Gasteiger partial charge in [0.05, 0.1) is 13.0 Å². The monoisotopic (exact) mass is 317 g/mol. The number of hydrogen-bond donors (Lipinski definition) is 0. The maximum atomic E-state index is 12.7. The van der Waals surface area contributed by atoms with Gasteiger partial charge in [0.15, 0.2) is 0 Å². The van der Waals surface area contributed by atoms with Crippen LogP contribution < -0.4 is 0 Å². The maximum absolute atomic E-state index is 12.7. The molecule has 23 heavy (non-hydrogen) atoms. The number of hydrogen-bond acceptors (Lipinski definition) is 3. The van der Waals surface area contributed by atoms with Crippen LogP contribution in [0.1, 0.15) is 44.6 Å². The van der Waals surface area contributed by atoms with Crippen molar-refractivity contribution in [2.75, 3.05) is 13.7 Å². The van der Waals surface area contributed by atoms with E-state index in [-0.39, 0.29) is 17.8 Å². The summed E-state index contributed by atoms with van der Waals surface area (Å²) in [6, 6.07) is 9.93. The van der Waals surface area contributed by atoms with Gasteiger partial charge in [0.1, 0.15) is 0 Å². The summed E-state index contributed by atoms with van der Waals surface area (Å²) in [5.41, 5.74) is 1.09. The number of benzene rings is 1. The highest BCUT2D eigenvalue weighted by Crippen LogP contribution is 2.28. The number of methoxy groups -OCH3 is 1. The lowest BCUT2D eigenvalue weighted by molar-refractivity contribution is -0.146. The first-order chi connectivity index (χ1) is 11.1. The topological polar surface area (TPSA) is 46.6 Å². The van der Waals surface area contributed by atoms with Crippen LogP contribution in [0.5, 0.6) is 0 Å². The molecule has 4 heteroatoms. The van der Waals surface area contributed by atoms with Gasteiger partial charge in [-0.05, 0) is 24.3 Å². The Morgan fingerprint density at radius 2 is 1.87 bits per heavy atom. The van der Waals surface area contributed by atoms with Gasteiger partial charge >= 0.3 is 5.97 Å². The zero-order valence-corrected chi connectivity index (χ0v) is 14.2. The molecular formula is C19H27NO3. The van der Waals surface area contributed by atoms with E-state index in [1.54, 1.807) is 0 Å². The van der Waals surface area contributed by atoms with Crippen LogP contribution in [0.25, 0.3) is 0 Å². The van der Waals surface area contributed by atoms with Crippen molar-refractivity contribution in [2.24, 2.45) is 11.8 Å². The summed E-state index contributed by atoms with van der Waals surface area (Å²) in [6.45, 7) is 2.77. The summed E-state index contributed by atoms with van der Waals surface area (Å²) in [5, 5.41) is 0. The molecule has 4 nitrogen and oxygen atoms in total. The molecule has 2 rings (SSSR count). The van der Waals surface area contributed by atoms with E-state index in [0.717, 1.165) is 18.4 Å². The minimum absolute atomic E-state index is 0.150. The molecule has 1 atom stereocenters. The molecule has 0 aromatic heterocycles. The molecule has 1 aliphatic carbocycles. The summed E-state index contributed by atoms with van der Waals surface area (Å²) in [6.07, 6.45) is 5.36.